The molecule has 0 atom stereocenters. The summed E-state index contributed by atoms with van der Waals surface area (Å²) in [5, 5.41) is 0. The topological polar surface area (TPSA) is 0 Å². The Balaban J connectivity index is 0.000000274. The predicted octanol–water partition coefficient (Wildman–Crippen LogP) is 17.9. The number of hydrogen-bond acceptors (Lipinski definition) is 0. The van der Waals surface area contributed by atoms with E-state index in [2.05, 4.69) is 0 Å². The second kappa shape index (κ2) is 41.2. The molecular formula is C46H92. The van der Waals surface area contributed by atoms with Crippen molar-refractivity contribution in [2.24, 2.45) is 0 Å². The third kappa shape index (κ3) is 46.1. The first-order chi connectivity index (χ1) is 23.0. The maximum absolute atomic E-state index is 1.50. The van der Waals surface area contributed by atoms with Gasteiger partial charge < -0.3 is 0 Å². The van der Waals surface area contributed by atoms with Gasteiger partial charge in [0.25, 0.3) is 0 Å². The molecule has 0 N–H and O–H groups in total. The van der Waals surface area contributed by atoms with Crippen LogP contribution in [0.5, 0.6) is 0 Å². The van der Waals surface area contributed by atoms with E-state index in [1.165, 1.54) is 295 Å². The lowest BCUT2D eigenvalue weighted by molar-refractivity contribution is 0.504. The molecule has 0 heterocycles. The molecule has 7 rings (SSSR count). The Bertz CT molecular complexity index is 280. The maximum atomic E-state index is 1.50. The van der Waals surface area contributed by atoms with Gasteiger partial charge in [0, 0.05) is 0 Å². The van der Waals surface area contributed by atoms with Crippen molar-refractivity contribution in [3.63, 3.8) is 0 Å². The summed E-state index contributed by atoms with van der Waals surface area (Å²) in [5.74, 6) is 0. The fourth-order valence-corrected chi connectivity index (χ4v) is 7.07. The van der Waals surface area contributed by atoms with E-state index < -0.39 is 0 Å². The first-order valence-corrected chi connectivity index (χ1v) is 23.0. The van der Waals surface area contributed by atoms with E-state index in [4.69, 9.17) is 0 Å². The summed E-state index contributed by atoms with van der Waals surface area (Å²) in [4.78, 5) is 0. The third-order valence-corrected chi connectivity index (χ3v) is 10.7. The highest BCUT2D eigenvalue weighted by atomic mass is 14.1. The van der Waals surface area contributed by atoms with E-state index in [0.29, 0.717) is 0 Å². The van der Waals surface area contributed by atoms with Crippen LogP contribution >= 0.6 is 0 Å². The van der Waals surface area contributed by atoms with Crippen LogP contribution in [0.15, 0.2) is 0 Å². The second-order valence-electron chi connectivity index (χ2n) is 16.3. The van der Waals surface area contributed by atoms with Crippen LogP contribution in [-0.2, 0) is 0 Å². The standard InChI is InChI=1S/5C8H16.2C3H6/c5*1-2-4-6-8-7-5-3-1;2*1-2-3-1/h5*1-8H2;2*1-3H2. The Hall–Kier alpha value is 0. The summed E-state index contributed by atoms with van der Waals surface area (Å²) >= 11 is 0. The lowest BCUT2D eigenvalue weighted by atomic mass is 10.0. The average Bonchev–Trinajstić information content (AvgIpc) is 3.86. The van der Waals surface area contributed by atoms with E-state index in [0.717, 1.165) is 0 Å². The molecule has 46 heavy (non-hydrogen) atoms. The van der Waals surface area contributed by atoms with Crippen LogP contribution in [0.1, 0.15) is 295 Å². The fourth-order valence-electron chi connectivity index (χ4n) is 7.07. The monoisotopic (exact) mass is 645 g/mol. The normalized spacial score (nSPS) is 24.0. The molecule has 7 aliphatic carbocycles. The first kappa shape index (κ1) is 44.0. The molecule has 7 saturated carbocycles. The number of rotatable bonds is 0. The first-order valence-electron chi connectivity index (χ1n) is 23.0. The summed E-state index contributed by atoms with van der Waals surface area (Å²) in [6, 6.07) is 0. The van der Waals surface area contributed by atoms with Gasteiger partial charge in [-0.2, -0.15) is 0 Å². The lowest BCUT2D eigenvalue weighted by Crippen LogP contribution is -1.85. The smallest absolute Gasteiger partial charge is 0.0533 e. The minimum absolute atomic E-state index is 1.50. The molecule has 0 aromatic carbocycles. The van der Waals surface area contributed by atoms with Crippen molar-refractivity contribution in [3.05, 3.63) is 0 Å². The van der Waals surface area contributed by atoms with Crippen LogP contribution in [0.4, 0.5) is 0 Å². The van der Waals surface area contributed by atoms with Gasteiger partial charge in [-0.05, 0) is 0 Å². The van der Waals surface area contributed by atoms with Crippen molar-refractivity contribution in [1.29, 1.82) is 0 Å². The molecule has 0 spiro atoms. The van der Waals surface area contributed by atoms with Crippen molar-refractivity contribution < 1.29 is 0 Å². The summed E-state index contributed by atoms with van der Waals surface area (Å²) in [6.07, 6.45) is 69.0. The zero-order valence-corrected chi connectivity index (χ0v) is 32.5. The van der Waals surface area contributed by atoms with Crippen molar-refractivity contribution in [1.82, 2.24) is 0 Å². The Morgan fingerprint density at radius 2 is 0.0652 bits per heavy atom. The molecule has 0 unspecified atom stereocenters. The van der Waals surface area contributed by atoms with E-state index in [1.807, 2.05) is 0 Å². The van der Waals surface area contributed by atoms with Crippen LogP contribution in [0.25, 0.3) is 0 Å². The molecule has 0 saturated heterocycles. The summed E-state index contributed by atoms with van der Waals surface area (Å²) < 4.78 is 0. The van der Waals surface area contributed by atoms with Gasteiger partial charge in [0.1, 0.15) is 0 Å². The highest BCUT2D eigenvalue weighted by molar-refractivity contribution is 4.55. The third-order valence-electron chi connectivity index (χ3n) is 10.7. The molecule has 0 aromatic heterocycles. The molecule has 0 aromatic rings. The highest BCUT2D eigenvalue weighted by Crippen LogP contribution is 2.19. The number of hydrogen-bond donors (Lipinski definition) is 0. The average molecular weight is 645 g/mol. The summed E-state index contributed by atoms with van der Waals surface area (Å²) in [7, 11) is 0. The van der Waals surface area contributed by atoms with Crippen LogP contribution < -0.4 is 0 Å². The molecule has 0 heteroatoms. The van der Waals surface area contributed by atoms with E-state index in [9.17, 15) is 0 Å². The van der Waals surface area contributed by atoms with Gasteiger partial charge in [0.05, 0.1) is 0 Å². The molecular weight excluding hydrogens is 553 g/mol. The van der Waals surface area contributed by atoms with Gasteiger partial charge in [-0.15, -0.1) is 0 Å². The van der Waals surface area contributed by atoms with Crippen molar-refractivity contribution in [3.8, 4) is 0 Å². The zero-order chi connectivity index (χ0) is 32.5. The SMILES string of the molecule is C1CC1.C1CC1.C1CCCCCCC1.C1CCCCCCC1.C1CCCCCCC1.C1CCCCCCC1.C1CCCCCCC1. The largest absolute Gasteiger partial charge is 0.0533 e. The maximum Gasteiger partial charge on any atom is -0.0533 e. The van der Waals surface area contributed by atoms with Gasteiger partial charge in [0.15, 0.2) is 0 Å². The highest BCUT2D eigenvalue weighted by Gasteiger charge is 1.99. The summed E-state index contributed by atoms with van der Waals surface area (Å²) in [6.45, 7) is 0. The van der Waals surface area contributed by atoms with Gasteiger partial charge in [-0.1, -0.05) is 295 Å². The predicted molar refractivity (Wildman–Crippen MR) is 212 cm³/mol. The Labute approximate surface area is 294 Å². The van der Waals surface area contributed by atoms with Gasteiger partial charge in [-0.25, -0.2) is 0 Å². The molecule has 0 nitrogen and oxygen atoms in total. The lowest BCUT2D eigenvalue weighted by Gasteiger charge is -2.05. The van der Waals surface area contributed by atoms with Gasteiger partial charge >= 0.3 is 0 Å². The minimum Gasteiger partial charge on any atom is -0.0533 e. The van der Waals surface area contributed by atoms with Gasteiger partial charge in [-0.3, -0.25) is 0 Å². The summed E-state index contributed by atoms with van der Waals surface area (Å²) in [5.41, 5.74) is 0. The Morgan fingerprint density at radius 1 is 0.0435 bits per heavy atom. The van der Waals surface area contributed by atoms with Crippen molar-refractivity contribution in [2.75, 3.05) is 0 Å². The van der Waals surface area contributed by atoms with Crippen LogP contribution in [-0.4, -0.2) is 0 Å². The van der Waals surface area contributed by atoms with Crippen LogP contribution in [0, 0.1) is 0 Å². The van der Waals surface area contributed by atoms with E-state index in [1.54, 1.807) is 0 Å². The molecule has 0 bridgehead atoms. The molecule has 0 amide bonds. The minimum atomic E-state index is 1.50. The molecule has 7 aliphatic rings. The van der Waals surface area contributed by atoms with Crippen LogP contribution in [0.2, 0.25) is 0 Å². The Kier molecular flexibility index (Phi) is 39.4. The molecule has 276 valence electrons. The van der Waals surface area contributed by atoms with Gasteiger partial charge in [0.2, 0.25) is 0 Å². The zero-order valence-electron chi connectivity index (χ0n) is 32.5. The quantitative estimate of drug-likeness (QED) is 0.246. The van der Waals surface area contributed by atoms with Crippen molar-refractivity contribution >= 4 is 0 Å². The molecule has 0 aliphatic heterocycles. The van der Waals surface area contributed by atoms with E-state index >= 15 is 0 Å². The Morgan fingerprint density at radius 3 is 0.0870 bits per heavy atom. The molecule has 7 fully saturated rings. The second-order valence-corrected chi connectivity index (χ2v) is 16.3. The van der Waals surface area contributed by atoms with E-state index in [-0.39, 0.29) is 0 Å². The molecule has 0 radical (unpaired) electrons. The van der Waals surface area contributed by atoms with Crippen molar-refractivity contribution in [2.45, 2.75) is 295 Å². The van der Waals surface area contributed by atoms with Crippen LogP contribution in [0.3, 0.4) is 0 Å². The fraction of sp³-hybridized carbons (Fsp3) is 1.00.